The zero-order chi connectivity index (χ0) is 26.0. The Balaban J connectivity index is 1.33. The fourth-order valence-electron chi connectivity index (χ4n) is 3.81. The maximum Gasteiger partial charge on any atom is 0.243 e. The maximum absolute atomic E-state index is 12.0. The number of rotatable bonds is 14. The number of anilines is 3. The van der Waals surface area contributed by atoms with Crippen LogP contribution in [0.25, 0.3) is 0 Å². The molecule has 1 atom stereocenters. The molecule has 1 saturated carbocycles. The van der Waals surface area contributed by atoms with Crippen molar-refractivity contribution in [2.75, 3.05) is 22.5 Å². The lowest BCUT2D eigenvalue weighted by molar-refractivity contribution is -0.129. The third kappa shape index (κ3) is 8.90. The van der Waals surface area contributed by atoms with Gasteiger partial charge in [-0.15, -0.1) is 0 Å². The van der Waals surface area contributed by atoms with E-state index in [4.69, 9.17) is 10.2 Å². The van der Waals surface area contributed by atoms with Gasteiger partial charge in [0.05, 0.1) is 0 Å². The summed E-state index contributed by atoms with van der Waals surface area (Å²) in [6.45, 7) is 2.72. The van der Waals surface area contributed by atoms with E-state index >= 15 is 0 Å². The summed E-state index contributed by atoms with van der Waals surface area (Å²) in [5, 5.41) is 23.1. The number of unbranched alkanes of at least 4 members (excludes halogenated alkanes) is 3. The van der Waals surface area contributed by atoms with Gasteiger partial charge in [-0.05, 0) is 68.6 Å². The summed E-state index contributed by atoms with van der Waals surface area (Å²) in [6.07, 6.45) is 6.61. The van der Waals surface area contributed by atoms with Gasteiger partial charge in [0.15, 0.2) is 5.16 Å². The van der Waals surface area contributed by atoms with Gasteiger partial charge in [0, 0.05) is 47.7 Å². The molecule has 0 spiro atoms. The quantitative estimate of drug-likeness (QED) is 0.0929. The van der Waals surface area contributed by atoms with Gasteiger partial charge >= 0.3 is 0 Å². The first-order valence-corrected chi connectivity index (χ1v) is 13.5. The molecule has 1 fully saturated rings. The molecule has 12 heteroatoms. The van der Waals surface area contributed by atoms with Gasteiger partial charge in [-0.25, -0.2) is 15.4 Å². The highest BCUT2D eigenvalue weighted by Gasteiger charge is 2.29. The van der Waals surface area contributed by atoms with Gasteiger partial charge in [0.25, 0.3) is 0 Å². The number of hydrogen-bond donors (Lipinski definition) is 6. The molecule has 1 aliphatic carbocycles. The highest BCUT2D eigenvalue weighted by Crippen LogP contribution is 2.31. The Bertz CT molecular complexity index is 1110. The van der Waals surface area contributed by atoms with Crippen molar-refractivity contribution in [3.05, 3.63) is 30.3 Å². The van der Waals surface area contributed by atoms with Gasteiger partial charge in [0.2, 0.25) is 11.8 Å². The van der Waals surface area contributed by atoms with E-state index < -0.39 is 0 Å². The van der Waals surface area contributed by atoms with E-state index in [9.17, 15) is 9.59 Å². The summed E-state index contributed by atoms with van der Waals surface area (Å²) >= 11 is 1.45. The van der Waals surface area contributed by atoms with Gasteiger partial charge in [-0.1, -0.05) is 12.8 Å². The van der Waals surface area contributed by atoms with Gasteiger partial charge in [-0.3, -0.25) is 20.2 Å². The SMILES string of the molecule is CC1=NNC(Nc2cc(NCCCCCCC(=O)NO)nc(Sc3ccc(NC(=O)C4CC4)cc3)n2)C1. The molecule has 11 nitrogen and oxygen atoms in total. The standard InChI is InChI=1S/C25H34N8O3S/c1-16-14-22(32-31-16)28-21-15-20(26-13-5-3-2-4-6-23(34)33-36)29-25(30-21)37-19-11-9-18(10-12-19)27-24(35)17-7-8-17/h9-12,15,17,22,32,36H,2-8,13-14H2,1H3,(H,27,35)(H,33,34)(H2,26,28,29,30). The molecule has 1 unspecified atom stereocenters. The lowest BCUT2D eigenvalue weighted by atomic mass is 10.1. The molecule has 2 aliphatic rings. The molecule has 1 aliphatic heterocycles. The summed E-state index contributed by atoms with van der Waals surface area (Å²) in [7, 11) is 0. The average molecular weight is 527 g/mol. The first kappa shape index (κ1) is 26.7. The van der Waals surface area contributed by atoms with Crippen LogP contribution in [-0.4, -0.2) is 45.4 Å². The van der Waals surface area contributed by atoms with E-state index in [1.807, 2.05) is 37.3 Å². The van der Waals surface area contributed by atoms with Crippen LogP contribution in [0.5, 0.6) is 0 Å². The van der Waals surface area contributed by atoms with Crippen LogP contribution in [0.3, 0.4) is 0 Å². The number of hydrogen-bond acceptors (Lipinski definition) is 10. The first-order valence-electron chi connectivity index (χ1n) is 12.7. The molecule has 0 saturated heterocycles. The Kier molecular flexibility index (Phi) is 9.55. The number of carbonyl (C=O) groups is 2. The van der Waals surface area contributed by atoms with E-state index in [0.29, 0.717) is 17.4 Å². The van der Waals surface area contributed by atoms with E-state index in [-0.39, 0.29) is 23.9 Å². The third-order valence-electron chi connectivity index (χ3n) is 5.98. The minimum absolute atomic E-state index is 0.0221. The van der Waals surface area contributed by atoms with Crippen LogP contribution in [0.15, 0.2) is 45.5 Å². The van der Waals surface area contributed by atoms with Crippen LogP contribution in [-0.2, 0) is 9.59 Å². The molecule has 2 heterocycles. The van der Waals surface area contributed by atoms with Crippen LogP contribution >= 0.6 is 11.8 Å². The summed E-state index contributed by atoms with van der Waals surface area (Å²) < 4.78 is 0. The summed E-state index contributed by atoms with van der Waals surface area (Å²) in [5.41, 5.74) is 6.55. The normalized spacial score (nSPS) is 16.5. The maximum atomic E-state index is 12.0. The van der Waals surface area contributed by atoms with E-state index in [1.165, 1.54) is 11.8 Å². The zero-order valence-corrected chi connectivity index (χ0v) is 21.7. The Morgan fingerprint density at radius 1 is 1.08 bits per heavy atom. The molecule has 4 rings (SSSR count). The molecule has 1 aromatic heterocycles. The molecular weight excluding hydrogens is 492 g/mol. The highest BCUT2D eigenvalue weighted by molar-refractivity contribution is 7.99. The summed E-state index contributed by atoms with van der Waals surface area (Å²) in [6, 6.07) is 9.60. The lowest BCUT2D eigenvalue weighted by Crippen LogP contribution is -2.29. The fourth-order valence-corrected chi connectivity index (χ4v) is 4.58. The van der Waals surface area contributed by atoms with Crippen molar-refractivity contribution >= 4 is 46.6 Å². The Morgan fingerprint density at radius 3 is 2.54 bits per heavy atom. The average Bonchev–Trinajstić information content (AvgIpc) is 3.66. The van der Waals surface area contributed by atoms with Crippen molar-refractivity contribution in [3.8, 4) is 0 Å². The lowest BCUT2D eigenvalue weighted by Gasteiger charge is -2.15. The van der Waals surface area contributed by atoms with E-state index in [1.54, 1.807) is 5.48 Å². The zero-order valence-electron chi connectivity index (χ0n) is 20.9. The third-order valence-corrected chi connectivity index (χ3v) is 6.85. The molecular formula is C25H34N8O3S. The molecule has 198 valence electrons. The topological polar surface area (TPSA) is 153 Å². The Labute approximate surface area is 220 Å². The second-order valence-corrected chi connectivity index (χ2v) is 10.4. The second kappa shape index (κ2) is 13.2. The number of hydroxylamine groups is 1. The molecule has 0 bridgehead atoms. The van der Waals surface area contributed by atoms with Crippen molar-refractivity contribution in [3.63, 3.8) is 0 Å². The number of nitrogens with zero attached hydrogens (tertiary/aromatic N) is 3. The number of aromatic nitrogens is 2. The fraction of sp³-hybridized carbons (Fsp3) is 0.480. The predicted octanol–water partition coefficient (Wildman–Crippen LogP) is 3.95. The van der Waals surface area contributed by atoms with Crippen LogP contribution in [0.4, 0.5) is 17.3 Å². The number of benzene rings is 1. The minimum Gasteiger partial charge on any atom is -0.370 e. The number of amides is 2. The molecule has 0 radical (unpaired) electrons. The van der Waals surface area contributed by atoms with Crippen LogP contribution < -0.4 is 26.9 Å². The largest absolute Gasteiger partial charge is 0.370 e. The van der Waals surface area contributed by atoms with Crippen molar-refractivity contribution in [1.29, 1.82) is 0 Å². The Morgan fingerprint density at radius 2 is 1.84 bits per heavy atom. The van der Waals surface area contributed by atoms with Crippen molar-refractivity contribution < 1.29 is 14.8 Å². The molecule has 37 heavy (non-hydrogen) atoms. The first-order chi connectivity index (χ1) is 18.0. The molecule has 2 aromatic rings. The minimum atomic E-state index is -0.348. The highest BCUT2D eigenvalue weighted by atomic mass is 32.2. The van der Waals surface area contributed by atoms with E-state index in [0.717, 1.165) is 73.6 Å². The number of hydrazone groups is 1. The smallest absolute Gasteiger partial charge is 0.243 e. The van der Waals surface area contributed by atoms with Crippen LogP contribution in [0, 0.1) is 5.92 Å². The molecule has 6 N–H and O–H groups in total. The van der Waals surface area contributed by atoms with Gasteiger partial charge in [0.1, 0.15) is 17.8 Å². The van der Waals surface area contributed by atoms with Gasteiger partial charge < -0.3 is 16.0 Å². The molecule has 1 aromatic carbocycles. The monoisotopic (exact) mass is 526 g/mol. The molecule has 2 amide bonds. The second-order valence-electron chi connectivity index (χ2n) is 9.31. The van der Waals surface area contributed by atoms with Crippen LogP contribution in [0.1, 0.15) is 58.3 Å². The summed E-state index contributed by atoms with van der Waals surface area (Å²) in [4.78, 5) is 33.4. The van der Waals surface area contributed by atoms with Crippen molar-refractivity contribution in [2.24, 2.45) is 11.0 Å². The summed E-state index contributed by atoms with van der Waals surface area (Å²) in [5.74, 6) is 1.34. The van der Waals surface area contributed by atoms with E-state index in [2.05, 4.69) is 31.5 Å². The van der Waals surface area contributed by atoms with Crippen molar-refractivity contribution in [1.82, 2.24) is 20.9 Å². The van der Waals surface area contributed by atoms with Crippen LogP contribution in [0.2, 0.25) is 0 Å². The number of nitrogens with one attached hydrogen (secondary N) is 5. The Hall–Kier alpha value is -3.38. The van der Waals surface area contributed by atoms with Gasteiger partial charge in [-0.2, -0.15) is 5.10 Å². The van der Waals surface area contributed by atoms with Crippen molar-refractivity contribution in [2.45, 2.75) is 74.5 Å². The predicted molar refractivity (Wildman–Crippen MR) is 144 cm³/mol. The number of carbonyl (C=O) groups excluding carboxylic acids is 2.